The van der Waals surface area contributed by atoms with Crippen molar-refractivity contribution in [3.05, 3.63) is 143 Å². The fraction of sp³-hybridized carbons (Fsp3) is 0.321. The van der Waals surface area contributed by atoms with E-state index < -0.39 is 17.6 Å². The molecule has 0 atom stereocenters. The molecule has 6 heteroatoms. The van der Waals surface area contributed by atoms with Crippen LogP contribution >= 0.6 is 0 Å². The molecule has 0 bridgehead atoms. The highest BCUT2D eigenvalue weighted by molar-refractivity contribution is 6.12. The number of aromatic nitrogens is 2. The summed E-state index contributed by atoms with van der Waals surface area (Å²) >= 11 is 0. The first kappa shape index (κ1) is 40.4. The van der Waals surface area contributed by atoms with Gasteiger partial charge in [-0.1, -0.05) is 119 Å². The van der Waals surface area contributed by atoms with Gasteiger partial charge < -0.3 is 9.13 Å². The monoisotopic (exact) mass is 794 g/mol. The van der Waals surface area contributed by atoms with Crippen molar-refractivity contribution in [3.8, 4) is 22.5 Å². The number of halogens is 4. The van der Waals surface area contributed by atoms with Crippen LogP contribution in [0.15, 0.2) is 109 Å². The van der Waals surface area contributed by atoms with Crippen LogP contribution in [0, 0.1) is 5.82 Å². The minimum Gasteiger partial charge on any atom is -0.309 e. The fourth-order valence-electron chi connectivity index (χ4n) is 8.50. The summed E-state index contributed by atoms with van der Waals surface area (Å²) in [6.07, 6.45) is -4.79. The van der Waals surface area contributed by atoms with Crippen LogP contribution in [-0.2, 0) is 27.8 Å². The lowest BCUT2D eigenvalue weighted by Crippen LogP contribution is -2.16. The average molecular weight is 795 g/mol. The molecule has 59 heavy (non-hydrogen) atoms. The van der Waals surface area contributed by atoms with E-state index in [-0.39, 0.29) is 33.0 Å². The second-order valence-corrected chi connectivity index (χ2v) is 20.5. The van der Waals surface area contributed by atoms with Gasteiger partial charge in [-0.25, -0.2) is 4.39 Å². The average Bonchev–Trinajstić information content (AvgIpc) is 3.64. The molecule has 2 heterocycles. The molecule has 0 saturated carbocycles. The maximum absolute atomic E-state index is 16.5. The Labute approximate surface area is 345 Å². The Kier molecular flexibility index (Phi) is 9.13. The molecular weight excluding hydrogens is 741 g/mol. The molecule has 2 nitrogen and oxygen atoms in total. The van der Waals surface area contributed by atoms with Crippen molar-refractivity contribution in [1.82, 2.24) is 9.13 Å². The Morgan fingerprint density at radius 3 is 0.898 bits per heavy atom. The third-order valence-electron chi connectivity index (χ3n) is 12.0. The fourth-order valence-corrected chi connectivity index (χ4v) is 8.50. The molecule has 6 aromatic carbocycles. The lowest BCUT2D eigenvalue weighted by Gasteiger charge is -2.24. The highest BCUT2D eigenvalue weighted by Crippen LogP contribution is 2.47. The topological polar surface area (TPSA) is 9.86 Å². The number of alkyl halides is 3. The van der Waals surface area contributed by atoms with Crippen molar-refractivity contribution >= 4 is 43.6 Å². The van der Waals surface area contributed by atoms with E-state index in [4.69, 9.17) is 0 Å². The van der Waals surface area contributed by atoms with Gasteiger partial charge in [0.25, 0.3) is 0 Å². The van der Waals surface area contributed by atoms with Gasteiger partial charge in [0.1, 0.15) is 11.4 Å². The summed E-state index contributed by atoms with van der Waals surface area (Å²) in [6.45, 7) is 25.8. The van der Waals surface area contributed by atoms with Crippen molar-refractivity contribution < 1.29 is 17.6 Å². The standard InChI is InChI=1S/C53H54F4N2/c1-49(2,3)33-15-21-42-38(27-33)39-28-34(50(4,5)6)16-22-43(39)58(42)46-25-32(31-13-19-37(54)20-14-31)26-47(48(46)53(55,56)57)59-44-23-17-35(51(7,8)9)29-40(44)41-30-36(52(10,11)12)18-24-45(41)59/h13-30H,1-12H3. The van der Waals surface area contributed by atoms with Gasteiger partial charge in [-0.2, -0.15) is 13.2 Å². The highest BCUT2D eigenvalue weighted by atomic mass is 19.4. The summed E-state index contributed by atoms with van der Waals surface area (Å²) in [6, 6.07) is 33.9. The summed E-state index contributed by atoms with van der Waals surface area (Å²) in [5, 5.41) is 3.56. The van der Waals surface area contributed by atoms with E-state index in [9.17, 15) is 4.39 Å². The highest BCUT2D eigenvalue weighted by Gasteiger charge is 2.40. The lowest BCUT2D eigenvalue weighted by molar-refractivity contribution is -0.137. The van der Waals surface area contributed by atoms with Crippen LogP contribution in [0.1, 0.15) is 111 Å². The summed E-state index contributed by atoms with van der Waals surface area (Å²) in [7, 11) is 0. The molecule has 0 aliphatic carbocycles. The molecule has 2 aromatic heterocycles. The molecule has 8 rings (SSSR count). The number of benzene rings is 6. The van der Waals surface area contributed by atoms with Crippen LogP contribution in [-0.4, -0.2) is 9.13 Å². The van der Waals surface area contributed by atoms with Gasteiger partial charge in [-0.15, -0.1) is 0 Å². The predicted octanol–water partition coefficient (Wildman–Crippen LogP) is 15.9. The van der Waals surface area contributed by atoms with E-state index in [1.807, 2.05) is 48.5 Å². The van der Waals surface area contributed by atoms with Crippen molar-refractivity contribution in [2.45, 2.75) is 111 Å². The second kappa shape index (κ2) is 13.3. The number of rotatable bonds is 3. The SMILES string of the molecule is CC(C)(C)c1ccc2c(c1)c1cc(C(C)(C)C)ccc1n2-c1cc(-c2ccc(F)cc2)cc(-n2c3ccc(C(C)(C)C)cc3c3cc(C(C)(C)C)ccc32)c1C(F)(F)F. The Balaban J connectivity index is 1.58. The normalized spacial score (nSPS) is 13.4. The number of nitrogens with zero attached hydrogens (tertiary/aromatic N) is 2. The van der Waals surface area contributed by atoms with Crippen molar-refractivity contribution in [2.24, 2.45) is 0 Å². The van der Waals surface area contributed by atoms with Crippen molar-refractivity contribution in [3.63, 3.8) is 0 Å². The molecule has 304 valence electrons. The van der Waals surface area contributed by atoms with Gasteiger partial charge in [-0.05, 0) is 128 Å². The van der Waals surface area contributed by atoms with Crippen LogP contribution in [0.4, 0.5) is 17.6 Å². The Morgan fingerprint density at radius 2 is 0.644 bits per heavy atom. The zero-order valence-electron chi connectivity index (χ0n) is 36.3. The largest absolute Gasteiger partial charge is 0.420 e. The van der Waals surface area contributed by atoms with E-state index in [0.29, 0.717) is 33.2 Å². The van der Waals surface area contributed by atoms with E-state index in [2.05, 4.69) is 107 Å². The minimum atomic E-state index is -4.79. The molecule has 0 unspecified atom stereocenters. The molecule has 0 radical (unpaired) electrons. The molecule has 0 aliphatic heterocycles. The summed E-state index contributed by atoms with van der Waals surface area (Å²) in [4.78, 5) is 0. The first-order chi connectivity index (χ1) is 27.3. The maximum atomic E-state index is 16.5. The van der Waals surface area contributed by atoms with Gasteiger partial charge in [0.15, 0.2) is 0 Å². The predicted molar refractivity (Wildman–Crippen MR) is 240 cm³/mol. The Morgan fingerprint density at radius 1 is 0.356 bits per heavy atom. The first-order valence-electron chi connectivity index (χ1n) is 20.5. The second-order valence-electron chi connectivity index (χ2n) is 20.5. The van der Waals surface area contributed by atoms with Gasteiger partial charge in [0.05, 0.1) is 33.4 Å². The zero-order chi connectivity index (χ0) is 42.8. The molecule has 8 aromatic rings. The van der Waals surface area contributed by atoms with Crippen LogP contribution in [0.2, 0.25) is 0 Å². The zero-order valence-corrected chi connectivity index (χ0v) is 36.3. The maximum Gasteiger partial charge on any atom is 0.420 e. The Hall–Kier alpha value is -5.36. The molecule has 0 amide bonds. The Bertz CT molecular complexity index is 2630. The van der Waals surface area contributed by atoms with E-state index >= 15 is 13.2 Å². The lowest BCUT2D eigenvalue weighted by atomic mass is 9.85. The summed E-state index contributed by atoms with van der Waals surface area (Å²) in [5.41, 5.74) is 6.77. The van der Waals surface area contributed by atoms with E-state index in [0.717, 1.165) is 43.8 Å². The number of hydrogen-bond acceptors (Lipinski definition) is 0. The summed E-state index contributed by atoms with van der Waals surface area (Å²) in [5.74, 6) is -0.417. The smallest absolute Gasteiger partial charge is 0.309 e. The molecular formula is C53H54F4N2. The molecule has 0 saturated heterocycles. The first-order valence-corrected chi connectivity index (χ1v) is 20.5. The van der Waals surface area contributed by atoms with Crippen LogP contribution < -0.4 is 0 Å². The number of hydrogen-bond donors (Lipinski definition) is 0. The molecule has 0 spiro atoms. The third-order valence-corrected chi connectivity index (χ3v) is 12.0. The van der Waals surface area contributed by atoms with Gasteiger partial charge >= 0.3 is 6.18 Å². The van der Waals surface area contributed by atoms with Crippen molar-refractivity contribution in [1.29, 1.82) is 0 Å². The molecule has 0 fully saturated rings. The van der Waals surface area contributed by atoms with Gasteiger partial charge in [-0.3, -0.25) is 0 Å². The van der Waals surface area contributed by atoms with Crippen LogP contribution in [0.3, 0.4) is 0 Å². The van der Waals surface area contributed by atoms with E-state index in [1.54, 1.807) is 33.4 Å². The van der Waals surface area contributed by atoms with E-state index in [1.165, 1.54) is 12.1 Å². The van der Waals surface area contributed by atoms with Crippen molar-refractivity contribution in [2.75, 3.05) is 0 Å². The van der Waals surface area contributed by atoms with Gasteiger partial charge in [0.2, 0.25) is 0 Å². The van der Waals surface area contributed by atoms with Crippen LogP contribution in [0.5, 0.6) is 0 Å². The molecule has 0 N–H and O–H groups in total. The molecule has 0 aliphatic rings. The van der Waals surface area contributed by atoms with Gasteiger partial charge in [0, 0.05) is 21.5 Å². The third kappa shape index (κ3) is 7.02. The number of fused-ring (bicyclic) bond motifs is 6. The quantitative estimate of drug-likeness (QED) is 0.158. The minimum absolute atomic E-state index is 0.00830. The van der Waals surface area contributed by atoms with Crippen LogP contribution in [0.25, 0.3) is 66.1 Å². The summed E-state index contributed by atoms with van der Waals surface area (Å²) < 4.78 is 67.5.